The van der Waals surface area contributed by atoms with E-state index >= 15 is 0 Å². The molecule has 1 unspecified atom stereocenters. The van der Waals surface area contributed by atoms with Gasteiger partial charge in [-0.05, 0) is 32.0 Å². The predicted octanol–water partition coefficient (Wildman–Crippen LogP) is 3.05. The van der Waals surface area contributed by atoms with E-state index in [0.717, 1.165) is 4.47 Å². The molecule has 0 saturated heterocycles. The van der Waals surface area contributed by atoms with Crippen LogP contribution >= 0.6 is 15.9 Å². The summed E-state index contributed by atoms with van der Waals surface area (Å²) in [5.74, 6) is -0.434. The first kappa shape index (κ1) is 12.6. The molecule has 15 heavy (non-hydrogen) atoms. The van der Waals surface area contributed by atoms with Gasteiger partial charge in [-0.15, -0.1) is 0 Å². The van der Waals surface area contributed by atoms with Crippen molar-refractivity contribution in [2.45, 2.75) is 25.6 Å². The second kappa shape index (κ2) is 4.60. The quantitative estimate of drug-likeness (QED) is 0.920. The standard InChI is InChI=1S/C11H14BrFO2/c1-11(2,15-3)10(14)8-6-7(12)4-5-9(8)13/h4-6,10,14H,1-3H3. The highest BCUT2D eigenvalue weighted by molar-refractivity contribution is 9.10. The number of methoxy groups -OCH3 is 1. The molecule has 1 atom stereocenters. The molecule has 0 spiro atoms. The highest BCUT2D eigenvalue weighted by atomic mass is 79.9. The number of hydrogen-bond acceptors (Lipinski definition) is 2. The summed E-state index contributed by atoms with van der Waals surface area (Å²) in [7, 11) is 1.49. The lowest BCUT2D eigenvalue weighted by Crippen LogP contribution is -2.32. The summed E-state index contributed by atoms with van der Waals surface area (Å²) in [6.45, 7) is 3.41. The van der Waals surface area contributed by atoms with E-state index in [2.05, 4.69) is 15.9 Å². The number of ether oxygens (including phenoxy) is 1. The van der Waals surface area contributed by atoms with Gasteiger partial charge in [0, 0.05) is 17.1 Å². The van der Waals surface area contributed by atoms with Crippen molar-refractivity contribution in [3.63, 3.8) is 0 Å². The van der Waals surface area contributed by atoms with Gasteiger partial charge in [-0.25, -0.2) is 4.39 Å². The fraction of sp³-hybridized carbons (Fsp3) is 0.455. The molecule has 0 aliphatic heterocycles. The number of benzene rings is 1. The Kier molecular flexibility index (Phi) is 3.87. The molecule has 1 aromatic carbocycles. The minimum atomic E-state index is -1.00. The van der Waals surface area contributed by atoms with Crippen molar-refractivity contribution in [2.24, 2.45) is 0 Å². The molecular weight excluding hydrogens is 263 g/mol. The van der Waals surface area contributed by atoms with Gasteiger partial charge in [-0.2, -0.15) is 0 Å². The molecule has 0 radical (unpaired) electrons. The molecule has 4 heteroatoms. The maximum atomic E-state index is 13.5. The molecule has 0 heterocycles. The van der Waals surface area contributed by atoms with Gasteiger partial charge in [0.1, 0.15) is 11.9 Å². The van der Waals surface area contributed by atoms with Crippen molar-refractivity contribution in [1.82, 2.24) is 0 Å². The van der Waals surface area contributed by atoms with E-state index in [1.807, 2.05) is 0 Å². The van der Waals surface area contributed by atoms with Gasteiger partial charge in [0.2, 0.25) is 0 Å². The summed E-state index contributed by atoms with van der Waals surface area (Å²) in [6.07, 6.45) is -1.00. The molecule has 0 aromatic heterocycles. The first-order valence-corrected chi connectivity index (χ1v) is 5.36. The van der Waals surface area contributed by atoms with Crippen LogP contribution in [0.3, 0.4) is 0 Å². The molecule has 0 saturated carbocycles. The minimum Gasteiger partial charge on any atom is -0.385 e. The van der Waals surface area contributed by atoms with Crippen molar-refractivity contribution in [3.8, 4) is 0 Å². The third kappa shape index (κ3) is 2.77. The Morgan fingerprint density at radius 1 is 1.47 bits per heavy atom. The first-order chi connectivity index (χ1) is 6.88. The Bertz CT molecular complexity index is 352. The minimum absolute atomic E-state index is 0.233. The zero-order valence-corrected chi connectivity index (χ0v) is 10.5. The summed E-state index contributed by atoms with van der Waals surface area (Å²) in [5, 5.41) is 9.97. The number of halogens is 2. The molecule has 0 aliphatic rings. The van der Waals surface area contributed by atoms with E-state index in [4.69, 9.17) is 4.74 Å². The van der Waals surface area contributed by atoms with Crippen molar-refractivity contribution >= 4 is 15.9 Å². The molecule has 0 aliphatic carbocycles. The highest BCUT2D eigenvalue weighted by Crippen LogP contribution is 2.31. The summed E-state index contributed by atoms with van der Waals surface area (Å²) < 4.78 is 19.3. The number of rotatable bonds is 3. The topological polar surface area (TPSA) is 29.5 Å². The number of aliphatic hydroxyl groups excluding tert-OH is 1. The van der Waals surface area contributed by atoms with Crippen LogP contribution in [0.15, 0.2) is 22.7 Å². The summed E-state index contributed by atoms with van der Waals surface area (Å²) in [4.78, 5) is 0. The van der Waals surface area contributed by atoms with Crippen LogP contribution in [0.2, 0.25) is 0 Å². The van der Waals surface area contributed by atoms with Gasteiger partial charge in [-0.3, -0.25) is 0 Å². The maximum absolute atomic E-state index is 13.5. The van der Waals surface area contributed by atoms with Crippen LogP contribution in [0.1, 0.15) is 25.5 Å². The smallest absolute Gasteiger partial charge is 0.129 e. The Labute approximate surface area is 97.2 Å². The Balaban J connectivity index is 3.10. The summed E-state index contributed by atoms with van der Waals surface area (Å²) in [5.41, 5.74) is -0.585. The fourth-order valence-electron chi connectivity index (χ4n) is 1.21. The molecular formula is C11H14BrFO2. The molecule has 84 valence electrons. The van der Waals surface area contributed by atoms with Crippen LogP contribution in [-0.2, 0) is 4.74 Å². The molecule has 0 bridgehead atoms. The molecule has 0 fully saturated rings. The van der Waals surface area contributed by atoms with Crippen LogP contribution in [0, 0.1) is 5.82 Å². The maximum Gasteiger partial charge on any atom is 0.129 e. The summed E-state index contributed by atoms with van der Waals surface area (Å²) in [6, 6.07) is 4.46. The SMILES string of the molecule is COC(C)(C)C(O)c1cc(Br)ccc1F. The van der Waals surface area contributed by atoms with Gasteiger partial charge in [-0.1, -0.05) is 15.9 Å². The zero-order valence-electron chi connectivity index (χ0n) is 8.92. The van der Waals surface area contributed by atoms with Crippen LogP contribution in [0.4, 0.5) is 4.39 Å². The molecule has 1 N–H and O–H groups in total. The van der Waals surface area contributed by atoms with E-state index in [1.165, 1.54) is 13.2 Å². The second-order valence-electron chi connectivity index (χ2n) is 3.88. The van der Waals surface area contributed by atoms with Crippen molar-refractivity contribution in [3.05, 3.63) is 34.1 Å². The van der Waals surface area contributed by atoms with Crippen LogP contribution in [-0.4, -0.2) is 17.8 Å². The van der Waals surface area contributed by atoms with Crippen molar-refractivity contribution < 1.29 is 14.2 Å². The normalized spacial score (nSPS) is 14.0. The first-order valence-electron chi connectivity index (χ1n) is 4.56. The number of aliphatic hydroxyl groups is 1. The molecule has 0 amide bonds. The molecule has 1 aromatic rings. The van der Waals surface area contributed by atoms with Gasteiger partial charge < -0.3 is 9.84 Å². The monoisotopic (exact) mass is 276 g/mol. The van der Waals surface area contributed by atoms with E-state index in [-0.39, 0.29) is 5.56 Å². The van der Waals surface area contributed by atoms with Crippen molar-refractivity contribution in [2.75, 3.05) is 7.11 Å². The lowest BCUT2D eigenvalue weighted by atomic mass is 9.94. The average Bonchev–Trinajstić information content (AvgIpc) is 2.20. The average molecular weight is 277 g/mol. The Morgan fingerprint density at radius 3 is 2.60 bits per heavy atom. The Hall–Kier alpha value is -0.450. The lowest BCUT2D eigenvalue weighted by molar-refractivity contribution is -0.0806. The van der Waals surface area contributed by atoms with Gasteiger partial charge in [0.25, 0.3) is 0 Å². The zero-order chi connectivity index (χ0) is 11.6. The van der Waals surface area contributed by atoms with Gasteiger partial charge >= 0.3 is 0 Å². The van der Waals surface area contributed by atoms with Gasteiger partial charge in [0.05, 0.1) is 5.60 Å². The predicted molar refractivity (Wildman–Crippen MR) is 60.1 cm³/mol. The third-order valence-electron chi connectivity index (χ3n) is 2.44. The van der Waals surface area contributed by atoms with E-state index in [1.54, 1.807) is 26.0 Å². The fourth-order valence-corrected chi connectivity index (χ4v) is 1.59. The lowest BCUT2D eigenvalue weighted by Gasteiger charge is -2.29. The molecule has 2 nitrogen and oxygen atoms in total. The van der Waals surface area contributed by atoms with Crippen LogP contribution in [0.5, 0.6) is 0 Å². The van der Waals surface area contributed by atoms with Crippen LogP contribution < -0.4 is 0 Å². The van der Waals surface area contributed by atoms with E-state index in [0.29, 0.717) is 0 Å². The second-order valence-corrected chi connectivity index (χ2v) is 4.79. The largest absolute Gasteiger partial charge is 0.385 e. The molecule has 1 rings (SSSR count). The van der Waals surface area contributed by atoms with Crippen LogP contribution in [0.25, 0.3) is 0 Å². The third-order valence-corrected chi connectivity index (χ3v) is 2.93. The Morgan fingerprint density at radius 2 is 2.07 bits per heavy atom. The number of hydrogen-bond donors (Lipinski definition) is 1. The van der Waals surface area contributed by atoms with Crippen molar-refractivity contribution in [1.29, 1.82) is 0 Å². The van der Waals surface area contributed by atoms with Gasteiger partial charge in [0.15, 0.2) is 0 Å². The van der Waals surface area contributed by atoms with E-state index < -0.39 is 17.5 Å². The van der Waals surface area contributed by atoms with E-state index in [9.17, 15) is 9.50 Å². The highest BCUT2D eigenvalue weighted by Gasteiger charge is 2.30. The summed E-state index contributed by atoms with van der Waals surface area (Å²) >= 11 is 3.23.